The van der Waals surface area contributed by atoms with Gasteiger partial charge in [0.2, 0.25) is 0 Å². The predicted octanol–water partition coefficient (Wildman–Crippen LogP) is 3.89. The van der Waals surface area contributed by atoms with E-state index in [1.54, 1.807) is 56.7 Å². The fourth-order valence-electron chi connectivity index (χ4n) is 2.77. The van der Waals surface area contributed by atoms with Gasteiger partial charge in [-0.15, -0.1) is 0 Å². The Balaban J connectivity index is 1.59. The molecule has 2 N–H and O–H groups in total. The molecule has 6 heteroatoms. The number of hydrogen-bond donors (Lipinski definition) is 2. The van der Waals surface area contributed by atoms with Gasteiger partial charge in [0.25, 0.3) is 11.8 Å². The van der Waals surface area contributed by atoms with E-state index >= 15 is 0 Å². The second-order valence-corrected chi connectivity index (χ2v) is 6.27. The third-order valence-electron chi connectivity index (χ3n) is 4.35. The number of rotatable bonds is 7. The van der Waals surface area contributed by atoms with Gasteiger partial charge >= 0.3 is 0 Å². The lowest BCUT2D eigenvalue weighted by atomic mass is 10.1. The fraction of sp³-hybridized carbons (Fsp3) is 0.130. The summed E-state index contributed by atoms with van der Waals surface area (Å²) in [7, 11) is 3.10. The van der Waals surface area contributed by atoms with Gasteiger partial charge < -0.3 is 20.1 Å². The molecule has 29 heavy (non-hydrogen) atoms. The molecule has 0 aliphatic rings. The predicted molar refractivity (Wildman–Crippen MR) is 112 cm³/mol. The highest BCUT2D eigenvalue weighted by Gasteiger charge is 2.10. The monoisotopic (exact) mass is 390 g/mol. The summed E-state index contributed by atoms with van der Waals surface area (Å²) < 4.78 is 10.4. The van der Waals surface area contributed by atoms with Crippen molar-refractivity contribution < 1.29 is 19.1 Å². The molecule has 3 rings (SSSR count). The number of anilines is 1. The van der Waals surface area contributed by atoms with Gasteiger partial charge in [-0.3, -0.25) is 9.59 Å². The van der Waals surface area contributed by atoms with E-state index in [9.17, 15) is 9.59 Å². The first-order valence-corrected chi connectivity index (χ1v) is 9.06. The van der Waals surface area contributed by atoms with Gasteiger partial charge in [0, 0.05) is 29.4 Å². The molecule has 2 amide bonds. The molecule has 0 unspecified atom stereocenters. The molecule has 0 aromatic heterocycles. The number of benzene rings is 3. The van der Waals surface area contributed by atoms with Crippen LogP contribution in [0, 0.1) is 0 Å². The smallest absolute Gasteiger partial charge is 0.255 e. The number of hydrogen-bond acceptors (Lipinski definition) is 4. The Morgan fingerprint density at radius 2 is 1.41 bits per heavy atom. The average Bonchev–Trinajstić information content (AvgIpc) is 2.78. The van der Waals surface area contributed by atoms with Crippen LogP contribution >= 0.6 is 0 Å². The summed E-state index contributed by atoms with van der Waals surface area (Å²) in [6, 6.07) is 21.3. The molecule has 0 saturated carbocycles. The Bertz CT molecular complexity index is 986. The van der Waals surface area contributed by atoms with Crippen LogP contribution in [0.4, 0.5) is 5.69 Å². The Kier molecular flexibility index (Phi) is 6.47. The first kappa shape index (κ1) is 19.9. The van der Waals surface area contributed by atoms with Crippen LogP contribution in [0.1, 0.15) is 26.3 Å². The molecule has 0 spiro atoms. The van der Waals surface area contributed by atoms with Crippen LogP contribution in [0.15, 0.2) is 72.8 Å². The van der Waals surface area contributed by atoms with Gasteiger partial charge in [-0.05, 0) is 42.0 Å². The van der Waals surface area contributed by atoms with E-state index in [4.69, 9.17) is 9.47 Å². The maximum absolute atomic E-state index is 12.5. The number of amides is 2. The highest BCUT2D eigenvalue weighted by atomic mass is 16.5. The molecule has 0 atom stereocenters. The summed E-state index contributed by atoms with van der Waals surface area (Å²) in [5.74, 6) is 0.750. The van der Waals surface area contributed by atoms with E-state index < -0.39 is 0 Å². The van der Waals surface area contributed by atoms with Crippen LogP contribution in [0.25, 0.3) is 0 Å². The third-order valence-corrected chi connectivity index (χ3v) is 4.35. The summed E-state index contributed by atoms with van der Waals surface area (Å²) in [6.07, 6.45) is 0. The third kappa shape index (κ3) is 5.13. The zero-order valence-corrected chi connectivity index (χ0v) is 16.3. The SMILES string of the molecule is COc1ccc(NC(=O)c2ccc(CNC(=O)c3ccccc3)cc2)cc1OC. The second-order valence-electron chi connectivity index (χ2n) is 6.27. The number of ether oxygens (including phenoxy) is 2. The van der Waals surface area contributed by atoms with Gasteiger partial charge in [0.1, 0.15) is 0 Å². The molecule has 3 aromatic carbocycles. The fourth-order valence-corrected chi connectivity index (χ4v) is 2.77. The van der Waals surface area contributed by atoms with Crippen molar-refractivity contribution in [2.75, 3.05) is 19.5 Å². The zero-order chi connectivity index (χ0) is 20.6. The van der Waals surface area contributed by atoms with Gasteiger partial charge in [0.05, 0.1) is 14.2 Å². The van der Waals surface area contributed by atoms with Crippen molar-refractivity contribution >= 4 is 17.5 Å². The molecule has 0 fully saturated rings. The quantitative estimate of drug-likeness (QED) is 0.642. The second kappa shape index (κ2) is 9.41. The van der Waals surface area contributed by atoms with Crippen molar-refractivity contribution in [1.82, 2.24) is 5.32 Å². The lowest BCUT2D eigenvalue weighted by molar-refractivity contribution is 0.0949. The highest BCUT2D eigenvalue weighted by molar-refractivity contribution is 6.04. The van der Waals surface area contributed by atoms with Crippen molar-refractivity contribution in [2.24, 2.45) is 0 Å². The Labute approximate surface area is 169 Å². The maximum atomic E-state index is 12.5. The molecule has 6 nitrogen and oxygen atoms in total. The maximum Gasteiger partial charge on any atom is 0.255 e. The van der Waals surface area contributed by atoms with E-state index in [1.165, 1.54) is 0 Å². The van der Waals surface area contributed by atoms with Gasteiger partial charge in [-0.25, -0.2) is 0 Å². The van der Waals surface area contributed by atoms with Crippen LogP contribution in [0.2, 0.25) is 0 Å². The van der Waals surface area contributed by atoms with Gasteiger partial charge in [-0.1, -0.05) is 30.3 Å². The van der Waals surface area contributed by atoms with E-state index in [-0.39, 0.29) is 11.8 Å². The summed E-state index contributed by atoms with van der Waals surface area (Å²) >= 11 is 0. The van der Waals surface area contributed by atoms with E-state index in [1.807, 2.05) is 30.3 Å². The van der Waals surface area contributed by atoms with Crippen LogP contribution in [0.3, 0.4) is 0 Å². The summed E-state index contributed by atoms with van der Waals surface area (Å²) in [5.41, 5.74) is 2.63. The van der Waals surface area contributed by atoms with Crippen molar-refractivity contribution in [1.29, 1.82) is 0 Å². The molecule has 3 aromatic rings. The highest BCUT2D eigenvalue weighted by Crippen LogP contribution is 2.29. The largest absolute Gasteiger partial charge is 0.493 e. The molecule has 148 valence electrons. The van der Waals surface area contributed by atoms with E-state index in [0.717, 1.165) is 5.56 Å². The standard InChI is InChI=1S/C23H22N2O4/c1-28-20-13-12-19(14-21(20)29-2)25-23(27)18-10-8-16(9-11-18)15-24-22(26)17-6-4-3-5-7-17/h3-14H,15H2,1-2H3,(H,24,26)(H,25,27). The molecular formula is C23H22N2O4. The van der Waals surface area contributed by atoms with Gasteiger partial charge in [0.15, 0.2) is 11.5 Å². The Hall–Kier alpha value is -3.80. The minimum absolute atomic E-state index is 0.138. The number of methoxy groups -OCH3 is 2. The summed E-state index contributed by atoms with van der Waals surface area (Å²) in [6.45, 7) is 0.380. The number of nitrogens with one attached hydrogen (secondary N) is 2. The Morgan fingerprint density at radius 1 is 0.759 bits per heavy atom. The van der Waals surface area contributed by atoms with Crippen molar-refractivity contribution in [3.05, 3.63) is 89.5 Å². The molecule has 0 radical (unpaired) electrons. The van der Waals surface area contributed by atoms with Gasteiger partial charge in [-0.2, -0.15) is 0 Å². The number of carbonyl (C=O) groups excluding carboxylic acids is 2. The molecule has 0 bridgehead atoms. The minimum atomic E-state index is -0.239. The Morgan fingerprint density at radius 3 is 2.07 bits per heavy atom. The molecule has 0 aliphatic heterocycles. The van der Waals surface area contributed by atoms with Crippen LogP contribution < -0.4 is 20.1 Å². The van der Waals surface area contributed by atoms with Crippen LogP contribution in [0.5, 0.6) is 11.5 Å². The first-order valence-electron chi connectivity index (χ1n) is 9.06. The molecular weight excluding hydrogens is 368 g/mol. The topological polar surface area (TPSA) is 76.7 Å². The lowest BCUT2D eigenvalue weighted by Gasteiger charge is -2.11. The lowest BCUT2D eigenvalue weighted by Crippen LogP contribution is -2.22. The molecule has 0 aliphatic carbocycles. The van der Waals surface area contributed by atoms with Crippen molar-refractivity contribution in [3.63, 3.8) is 0 Å². The number of carbonyl (C=O) groups is 2. The molecule has 0 heterocycles. The zero-order valence-electron chi connectivity index (χ0n) is 16.3. The minimum Gasteiger partial charge on any atom is -0.493 e. The summed E-state index contributed by atoms with van der Waals surface area (Å²) in [5, 5.41) is 5.69. The van der Waals surface area contributed by atoms with Crippen molar-refractivity contribution in [3.8, 4) is 11.5 Å². The van der Waals surface area contributed by atoms with Crippen LogP contribution in [-0.2, 0) is 6.54 Å². The first-order chi connectivity index (χ1) is 14.1. The normalized spacial score (nSPS) is 10.1. The van der Waals surface area contributed by atoms with Crippen LogP contribution in [-0.4, -0.2) is 26.0 Å². The summed E-state index contributed by atoms with van der Waals surface area (Å²) in [4.78, 5) is 24.6. The average molecular weight is 390 g/mol. The molecule has 0 saturated heterocycles. The van der Waals surface area contributed by atoms with E-state index in [0.29, 0.717) is 34.9 Å². The van der Waals surface area contributed by atoms with E-state index in [2.05, 4.69) is 10.6 Å². The van der Waals surface area contributed by atoms with Crippen molar-refractivity contribution in [2.45, 2.75) is 6.54 Å².